The smallest absolute Gasteiger partial charge is 0.0178 e. The molecular formula is C18H20. The zero-order valence-corrected chi connectivity index (χ0v) is 11.4. The molecule has 0 nitrogen and oxygen atoms in total. The Kier molecular flexibility index (Phi) is 3.99. The van der Waals surface area contributed by atoms with Crippen LogP contribution in [0.25, 0.3) is 21.5 Å². The lowest BCUT2D eigenvalue weighted by Crippen LogP contribution is -1.74. The Morgan fingerprint density at radius 3 is 1.00 bits per heavy atom. The first kappa shape index (κ1) is 12.6. The summed E-state index contributed by atoms with van der Waals surface area (Å²) in [7, 11) is 0. The third kappa shape index (κ3) is 3.10. The zero-order chi connectivity index (χ0) is 13.0. The number of benzene rings is 3. The maximum atomic E-state index is 2.24. The lowest BCUT2D eigenvalue weighted by Gasteiger charge is -2.00. The molecule has 3 rings (SSSR count). The molecule has 0 aliphatic carbocycles. The molecule has 92 valence electrons. The third-order valence-electron chi connectivity index (χ3n) is 2.61. The molecule has 0 bridgehead atoms. The number of rotatable bonds is 0. The molecule has 0 unspecified atom stereocenters. The molecule has 0 aliphatic rings. The first-order valence-corrected chi connectivity index (χ1v) is 6.54. The van der Waals surface area contributed by atoms with Crippen molar-refractivity contribution in [1.29, 1.82) is 0 Å². The Balaban J connectivity index is 0.000000267. The fraction of sp³-hybridized carbons (Fsp3) is 0.222. The standard InChI is InChI=1S/C14H10.C4H10/c1-2-6-12-10-14-8-4-3-7-13(14)9-11(12)5-1;1-4(2)3/h1-10H;4H,1-3H3. The highest BCUT2D eigenvalue weighted by Gasteiger charge is 1.95. The molecule has 0 heterocycles. The van der Waals surface area contributed by atoms with Gasteiger partial charge in [-0.15, -0.1) is 0 Å². The summed E-state index contributed by atoms with van der Waals surface area (Å²) in [6.45, 7) is 6.50. The summed E-state index contributed by atoms with van der Waals surface area (Å²) in [5.41, 5.74) is 0. The van der Waals surface area contributed by atoms with Crippen molar-refractivity contribution in [3.05, 3.63) is 60.7 Å². The maximum Gasteiger partial charge on any atom is -0.0178 e. The van der Waals surface area contributed by atoms with Crippen LogP contribution in [0.15, 0.2) is 60.7 Å². The second-order valence-electron chi connectivity index (χ2n) is 5.28. The van der Waals surface area contributed by atoms with Gasteiger partial charge >= 0.3 is 0 Å². The van der Waals surface area contributed by atoms with Crippen molar-refractivity contribution in [3.8, 4) is 0 Å². The van der Waals surface area contributed by atoms with Crippen molar-refractivity contribution in [2.24, 2.45) is 5.92 Å². The fourth-order valence-corrected chi connectivity index (χ4v) is 1.88. The molecular weight excluding hydrogens is 216 g/mol. The van der Waals surface area contributed by atoms with Crippen LogP contribution >= 0.6 is 0 Å². The quantitative estimate of drug-likeness (QED) is 0.442. The molecule has 0 fully saturated rings. The Morgan fingerprint density at radius 1 is 0.556 bits per heavy atom. The van der Waals surface area contributed by atoms with Crippen LogP contribution in [-0.4, -0.2) is 0 Å². The monoisotopic (exact) mass is 236 g/mol. The zero-order valence-electron chi connectivity index (χ0n) is 11.4. The second-order valence-corrected chi connectivity index (χ2v) is 5.28. The van der Waals surface area contributed by atoms with Crippen molar-refractivity contribution in [2.75, 3.05) is 0 Å². The van der Waals surface area contributed by atoms with Gasteiger partial charge in [-0.1, -0.05) is 69.3 Å². The molecule has 0 heteroatoms. The van der Waals surface area contributed by atoms with Crippen molar-refractivity contribution in [1.82, 2.24) is 0 Å². The fourth-order valence-electron chi connectivity index (χ4n) is 1.88. The van der Waals surface area contributed by atoms with Crippen LogP contribution in [0.5, 0.6) is 0 Å². The highest BCUT2D eigenvalue weighted by molar-refractivity contribution is 5.98. The van der Waals surface area contributed by atoms with Gasteiger partial charge in [0.05, 0.1) is 0 Å². The van der Waals surface area contributed by atoms with Gasteiger partial charge in [0, 0.05) is 0 Å². The maximum absolute atomic E-state index is 2.24. The van der Waals surface area contributed by atoms with Gasteiger partial charge in [0.25, 0.3) is 0 Å². The average molecular weight is 236 g/mol. The molecule has 3 aromatic rings. The van der Waals surface area contributed by atoms with Gasteiger partial charge in [-0.25, -0.2) is 0 Å². The molecule has 0 aromatic heterocycles. The molecule has 3 aromatic carbocycles. The van der Waals surface area contributed by atoms with Crippen molar-refractivity contribution >= 4 is 21.5 Å². The van der Waals surface area contributed by atoms with E-state index in [1.807, 2.05) is 0 Å². The van der Waals surface area contributed by atoms with E-state index in [-0.39, 0.29) is 0 Å². The summed E-state index contributed by atoms with van der Waals surface area (Å²) < 4.78 is 0. The Morgan fingerprint density at radius 2 is 0.778 bits per heavy atom. The van der Waals surface area contributed by atoms with Crippen LogP contribution in [0, 0.1) is 5.92 Å². The molecule has 0 saturated carbocycles. The highest BCUT2D eigenvalue weighted by atomic mass is 14.0. The molecule has 0 amide bonds. The largest absolute Gasteiger partial charge is 0.0630 e. The van der Waals surface area contributed by atoms with E-state index in [9.17, 15) is 0 Å². The summed E-state index contributed by atoms with van der Waals surface area (Å²) in [5.74, 6) is 0.833. The average Bonchev–Trinajstić information content (AvgIpc) is 2.35. The lowest BCUT2D eigenvalue weighted by atomic mass is 10.0. The van der Waals surface area contributed by atoms with Crippen LogP contribution in [-0.2, 0) is 0 Å². The van der Waals surface area contributed by atoms with Crippen molar-refractivity contribution < 1.29 is 0 Å². The topological polar surface area (TPSA) is 0 Å². The van der Waals surface area contributed by atoms with E-state index < -0.39 is 0 Å². The van der Waals surface area contributed by atoms with Gasteiger partial charge in [0.1, 0.15) is 0 Å². The normalized spacial score (nSPS) is 10.4. The molecule has 0 saturated heterocycles. The summed E-state index contributed by atoms with van der Waals surface area (Å²) in [5, 5.41) is 5.25. The minimum Gasteiger partial charge on any atom is -0.0630 e. The Labute approximate surface area is 109 Å². The molecule has 0 N–H and O–H groups in total. The van der Waals surface area contributed by atoms with E-state index in [2.05, 4.69) is 81.4 Å². The van der Waals surface area contributed by atoms with E-state index in [4.69, 9.17) is 0 Å². The van der Waals surface area contributed by atoms with Gasteiger partial charge in [0.15, 0.2) is 0 Å². The Bertz CT molecular complexity index is 528. The van der Waals surface area contributed by atoms with Crippen LogP contribution < -0.4 is 0 Å². The van der Waals surface area contributed by atoms with E-state index in [0.717, 1.165) is 5.92 Å². The Hall–Kier alpha value is -1.82. The van der Waals surface area contributed by atoms with Gasteiger partial charge in [-0.3, -0.25) is 0 Å². The highest BCUT2D eigenvalue weighted by Crippen LogP contribution is 2.21. The molecule has 0 spiro atoms. The van der Waals surface area contributed by atoms with Crippen molar-refractivity contribution in [2.45, 2.75) is 20.8 Å². The minimum atomic E-state index is 0.833. The summed E-state index contributed by atoms with van der Waals surface area (Å²) in [6, 6.07) is 21.4. The van der Waals surface area contributed by atoms with E-state index >= 15 is 0 Å². The summed E-state index contributed by atoms with van der Waals surface area (Å²) in [6.07, 6.45) is 0. The summed E-state index contributed by atoms with van der Waals surface area (Å²) in [4.78, 5) is 0. The summed E-state index contributed by atoms with van der Waals surface area (Å²) >= 11 is 0. The van der Waals surface area contributed by atoms with E-state index in [1.165, 1.54) is 21.5 Å². The third-order valence-corrected chi connectivity index (χ3v) is 2.61. The first-order valence-electron chi connectivity index (χ1n) is 6.54. The van der Waals surface area contributed by atoms with Gasteiger partial charge in [-0.05, 0) is 39.6 Å². The lowest BCUT2D eigenvalue weighted by molar-refractivity contribution is 0.737. The molecule has 0 radical (unpaired) electrons. The van der Waals surface area contributed by atoms with Gasteiger partial charge in [-0.2, -0.15) is 0 Å². The molecule has 18 heavy (non-hydrogen) atoms. The van der Waals surface area contributed by atoms with Gasteiger partial charge < -0.3 is 0 Å². The predicted molar refractivity (Wildman–Crippen MR) is 82.0 cm³/mol. The van der Waals surface area contributed by atoms with Crippen LogP contribution in [0.3, 0.4) is 0 Å². The minimum absolute atomic E-state index is 0.833. The van der Waals surface area contributed by atoms with Crippen molar-refractivity contribution in [3.63, 3.8) is 0 Å². The van der Waals surface area contributed by atoms with E-state index in [0.29, 0.717) is 0 Å². The van der Waals surface area contributed by atoms with E-state index in [1.54, 1.807) is 0 Å². The number of hydrogen-bond acceptors (Lipinski definition) is 0. The number of fused-ring (bicyclic) bond motifs is 2. The van der Waals surface area contributed by atoms with Crippen LogP contribution in [0.2, 0.25) is 0 Å². The van der Waals surface area contributed by atoms with Gasteiger partial charge in [0.2, 0.25) is 0 Å². The van der Waals surface area contributed by atoms with Crippen LogP contribution in [0.1, 0.15) is 20.8 Å². The molecule has 0 aliphatic heterocycles. The van der Waals surface area contributed by atoms with Crippen LogP contribution in [0.4, 0.5) is 0 Å². The second kappa shape index (κ2) is 5.68. The first-order chi connectivity index (χ1) is 8.66. The number of hydrogen-bond donors (Lipinski definition) is 0. The molecule has 0 atom stereocenters. The SMILES string of the molecule is CC(C)C.c1ccc2cc3ccccc3cc2c1. The predicted octanol–water partition coefficient (Wildman–Crippen LogP) is 5.66.